The summed E-state index contributed by atoms with van der Waals surface area (Å²) >= 11 is 0. The van der Waals surface area contributed by atoms with E-state index in [-0.39, 0.29) is 0 Å². The minimum Gasteiger partial charge on any atom is -0.322 e. The third kappa shape index (κ3) is 7.25. The van der Waals surface area contributed by atoms with Crippen LogP contribution in [0.2, 0.25) is 0 Å². The predicted octanol–water partition coefficient (Wildman–Crippen LogP) is 2.89. The average molecular weight is 183 g/mol. The highest BCUT2D eigenvalue weighted by molar-refractivity contribution is 5.88. The molecule has 13 heavy (non-hydrogen) atoms. The van der Waals surface area contributed by atoms with E-state index in [1.165, 1.54) is 6.34 Å². The van der Waals surface area contributed by atoms with E-state index in [0.717, 1.165) is 6.42 Å². The van der Waals surface area contributed by atoms with Crippen molar-refractivity contribution in [2.24, 2.45) is 0 Å². The summed E-state index contributed by atoms with van der Waals surface area (Å²) in [5, 5.41) is 14.4. The summed E-state index contributed by atoms with van der Waals surface area (Å²) in [5.74, 6) is 0.488. The molecule has 0 aromatic rings. The molecular formula is C10H21N3. The SMILES string of the molecule is C=CCCC(=N)N(C=N)CC.CC. The van der Waals surface area contributed by atoms with E-state index in [1.54, 1.807) is 11.0 Å². The van der Waals surface area contributed by atoms with E-state index in [0.29, 0.717) is 18.8 Å². The van der Waals surface area contributed by atoms with Crippen molar-refractivity contribution in [1.29, 1.82) is 10.8 Å². The van der Waals surface area contributed by atoms with Crippen LogP contribution in [-0.2, 0) is 0 Å². The van der Waals surface area contributed by atoms with Crippen LogP contribution >= 0.6 is 0 Å². The Morgan fingerprint density at radius 3 is 2.31 bits per heavy atom. The first-order valence-corrected chi connectivity index (χ1v) is 4.71. The molecule has 0 spiro atoms. The maximum atomic E-state index is 7.48. The number of amidine groups is 1. The van der Waals surface area contributed by atoms with Gasteiger partial charge in [0.2, 0.25) is 0 Å². The average Bonchev–Trinajstić information content (AvgIpc) is 2.19. The van der Waals surface area contributed by atoms with E-state index in [9.17, 15) is 0 Å². The van der Waals surface area contributed by atoms with Crippen LogP contribution in [0.25, 0.3) is 0 Å². The highest BCUT2D eigenvalue weighted by atomic mass is 15.2. The molecule has 0 fully saturated rings. The lowest BCUT2D eigenvalue weighted by Gasteiger charge is -2.16. The fourth-order valence-corrected chi connectivity index (χ4v) is 0.742. The number of nitrogens with one attached hydrogen (secondary N) is 2. The van der Waals surface area contributed by atoms with Crippen LogP contribution in [0.4, 0.5) is 0 Å². The summed E-state index contributed by atoms with van der Waals surface area (Å²) in [6, 6.07) is 0. The van der Waals surface area contributed by atoms with E-state index in [1.807, 2.05) is 20.8 Å². The Morgan fingerprint density at radius 2 is 2.00 bits per heavy atom. The molecule has 0 bridgehead atoms. The summed E-state index contributed by atoms with van der Waals surface area (Å²) < 4.78 is 0. The van der Waals surface area contributed by atoms with Crippen molar-refractivity contribution in [3.63, 3.8) is 0 Å². The molecule has 3 nitrogen and oxygen atoms in total. The van der Waals surface area contributed by atoms with Crippen LogP contribution in [0.5, 0.6) is 0 Å². The summed E-state index contributed by atoms with van der Waals surface area (Å²) in [5.41, 5.74) is 0. The monoisotopic (exact) mass is 183 g/mol. The van der Waals surface area contributed by atoms with Crippen molar-refractivity contribution in [3.8, 4) is 0 Å². The van der Waals surface area contributed by atoms with E-state index >= 15 is 0 Å². The fraction of sp³-hybridized carbons (Fsp3) is 0.600. The Labute approximate surface area is 81.5 Å². The van der Waals surface area contributed by atoms with Gasteiger partial charge in [0.25, 0.3) is 0 Å². The lowest BCUT2D eigenvalue weighted by molar-refractivity contribution is 0.633. The standard InChI is InChI=1S/C8H15N3.C2H6/c1-3-5-6-8(10)11(4-2)7-9;1-2/h3,7,9-10H,1,4-6H2,2H3;1-2H3. The van der Waals surface area contributed by atoms with Crippen molar-refractivity contribution in [3.05, 3.63) is 12.7 Å². The molecule has 0 heterocycles. The Kier molecular flexibility index (Phi) is 12.1. The summed E-state index contributed by atoms with van der Waals surface area (Å²) in [6.45, 7) is 10.2. The molecule has 0 aliphatic rings. The topological polar surface area (TPSA) is 50.9 Å². The molecule has 0 saturated heterocycles. The van der Waals surface area contributed by atoms with Crippen LogP contribution < -0.4 is 0 Å². The zero-order valence-electron chi connectivity index (χ0n) is 8.93. The van der Waals surface area contributed by atoms with Gasteiger partial charge in [-0.3, -0.25) is 10.8 Å². The van der Waals surface area contributed by atoms with Crippen LogP contribution in [0.1, 0.15) is 33.6 Å². The van der Waals surface area contributed by atoms with Gasteiger partial charge in [-0.05, 0) is 13.3 Å². The second kappa shape index (κ2) is 10.9. The first-order chi connectivity index (χ1) is 6.26. The smallest absolute Gasteiger partial charge is 0.101 e. The number of hydrogen-bond acceptors (Lipinski definition) is 2. The Hall–Kier alpha value is -1.12. The zero-order valence-corrected chi connectivity index (χ0v) is 8.93. The highest BCUT2D eigenvalue weighted by Crippen LogP contribution is 1.95. The first-order valence-electron chi connectivity index (χ1n) is 4.71. The normalized spacial score (nSPS) is 7.92. The summed E-state index contributed by atoms with van der Waals surface area (Å²) in [7, 11) is 0. The van der Waals surface area contributed by atoms with Gasteiger partial charge in [0, 0.05) is 13.0 Å². The van der Waals surface area contributed by atoms with Gasteiger partial charge in [-0.15, -0.1) is 6.58 Å². The highest BCUT2D eigenvalue weighted by Gasteiger charge is 2.01. The Balaban J connectivity index is 0. The molecule has 0 radical (unpaired) electrons. The molecule has 0 amide bonds. The predicted molar refractivity (Wildman–Crippen MR) is 59.7 cm³/mol. The van der Waals surface area contributed by atoms with Crippen LogP contribution in [0.15, 0.2) is 12.7 Å². The molecule has 0 unspecified atom stereocenters. The first kappa shape index (κ1) is 14.4. The van der Waals surface area contributed by atoms with E-state index < -0.39 is 0 Å². The third-order valence-corrected chi connectivity index (χ3v) is 1.43. The maximum absolute atomic E-state index is 7.48. The van der Waals surface area contributed by atoms with Crippen molar-refractivity contribution in [1.82, 2.24) is 4.90 Å². The van der Waals surface area contributed by atoms with Gasteiger partial charge in [0.05, 0.1) is 6.34 Å². The van der Waals surface area contributed by atoms with Gasteiger partial charge in [0.1, 0.15) is 5.84 Å². The van der Waals surface area contributed by atoms with Gasteiger partial charge in [-0.2, -0.15) is 0 Å². The van der Waals surface area contributed by atoms with E-state index in [4.69, 9.17) is 10.8 Å². The molecule has 76 valence electrons. The maximum Gasteiger partial charge on any atom is 0.101 e. The van der Waals surface area contributed by atoms with Gasteiger partial charge in [0.15, 0.2) is 0 Å². The Morgan fingerprint density at radius 1 is 1.46 bits per heavy atom. The lowest BCUT2D eigenvalue weighted by Crippen LogP contribution is -2.27. The minimum absolute atomic E-state index is 0.488. The summed E-state index contributed by atoms with van der Waals surface area (Å²) in [6.07, 6.45) is 4.45. The van der Waals surface area contributed by atoms with Crippen molar-refractivity contribution >= 4 is 12.2 Å². The molecule has 0 rings (SSSR count). The van der Waals surface area contributed by atoms with Crippen molar-refractivity contribution < 1.29 is 0 Å². The molecule has 0 aromatic heterocycles. The second-order valence-electron chi connectivity index (χ2n) is 2.19. The van der Waals surface area contributed by atoms with Crippen LogP contribution in [-0.4, -0.2) is 23.6 Å². The molecule has 0 saturated carbocycles. The second-order valence-corrected chi connectivity index (χ2v) is 2.19. The summed E-state index contributed by atoms with van der Waals surface area (Å²) in [4.78, 5) is 1.60. The van der Waals surface area contributed by atoms with Crippen LogP contribution in [0.3, 0.4) is 0 Å². The zero-order chi connectivity index (χ0) is 10.7. The van der Waals surface area contributed by atoms with Gasteiger partial charge < -0.3 is 4.90 Å². The molecule has 3 heteroatoms. The molecule has 0 aliphatic heterocycles. The van der Waals surface area contributed by atoms with Gasteiger partial charge in [-0.25, -0.2) is 0 Å². The molecular weight excluding hydrogens is 162 g/mol. The fourth-order valence-electron chi connectivity index (χ4n) is 0.742. The Bertz CT molecular complexity index is 152. The molecule has 0 aliphatic carbocycles. The third-order valence-electron chi connectivity index (χ3n) is 1.43. The number of allylic oxidation sites excluding steroid dienone is 1. The van der Waals surface area contributed by atoms with Gasteiger partial charge >= 0.3 is 0 Å². The van der Waals surface area contributed by atoms with Crippen molar-refractivity contribution in [2.45, 2.75) is 33.6 Å². The molecule has 0 atom stereocenters. The van der Waals surface area contributed by atoms with Crippen molar-refractivity contribution in [2.75, 3.05) is 6.54 Å². The number of hydrogen-bond donors (Lipinski definition) is 2. The quantitative estimate of drug-likeness (QED) is 0.384. The lowest BCUT2D eigenvalue weighted by atomic mass is 10.3. The largest absolute Gasteiger partial charge is 0.322 e. The minimum atomic E-state index is 0.488. The molecule has 0 aromatic carbocycles. The number of nitrogens with zero attached hydrogens (tertiary/aromatic N) is 1. The van der Waals surface area contributed by atoms with E-state index in [2.05, 4.69) is 6.58 Å². The molecule has 2 N–H and O–H groups in total. The van der Waals surface area contributed by atoms with Crippen LogP contribution in [0, 0.1) is 10.8 Å². The number of rotatable bonds is 5. The van der Waals surface area contributed by atoms with Gasteiger partial charge in [-0.1, -0.05) is 19.9 Å².